The zero-order valence-electron chi connectivity index (χ0n) is 20.2. The second-order valence-electron chi connectivity index (χ2n) is 7.87. The molecule has 1 aromatic heterocycles. The zero-order valence-corrected chi connectivity index (χ0v) is 21.8. The topological polar surface area (TPSA) is 129 Å². The molecule has 188 valence electrons. The minimum Gasteiger partial charge on any atom is -0.380 e. The van der Waals surface area contributed by atoms with E-state index in [2.05, 4.69) is 4.99 Å². The van der Waals surface area contributed by atoms with Crippen LogP contribution in [0.5, 0.6) is 0 Å². The van der Waals surface area contributed by atoms with Crippen molar-refractivity contribution in [2.45, 2.75) is 38.1 Å². The first-order valence-corrected chi connectivity index (χ1v) is 13.7. The van der Waals surface area contributed by atoms with Crippen molar-refractivity contribution in [3.05, 3.63) is 58.4 Å². The maximum Gasteiger partial charge on any atom is 0.279 e. The summed E-state index contributed by atoms with van der Waals surface area (Å²) in [5.41, 5.74) is 2.32. The van der Waals surface area contributed by atoms with Crippen molar-refractivity contribution in [1.82, 2.24) is 8.87 Å². The molecule has 9 nitrogen and oxygen atoms in total. The molecule has 0 saturated heterocycles. The van der Waals surface area contributed by atoms with E-state index in [1.54, 1.807) is 0 Å². The fourth-order valence-electron chi connectivity index (χ4n) is 3.55. The number of aryl methyl sites for hydroxylation is 1. The molecule has 0 spiro atoms. The fraction of sp³-hybridized carbons (Fsp3) is 0.360. The van der Waals surface area contributed by atoms with E-state index < -0.39 is 15.9 Å². The van der Waals surface area contributed by atoms with Gasteiger partial charge >= 0.3 is 0 Å². The van der Waals surface area contributed by atoms with Gasteiger partial charge in [0.2, 0.25) is 10.0 Å². The van der Waals surface area contributed by atoms with Gasteiger partial charge in [-0.25, -0.2) is 8.42 Å². The lowest BCUT2D eigenvalue weighted by molar-refractivity contribution is 0.0996. The van der Waals surface area contributed by atoms with E-state index in [0.29, 0.717) is 24.6 Å². The molecule has 0 fully saturated rings. The van der Waals surface area contributed by atoms with Gasteiger partial charge in [-0.3, -0.25) is 4.79 Å². The summed E-state index contributed by atoms with van der Waals surface area (Å²) in [6, 6.07) is 15.4. The third-order valence-electron chi connectivity index (χ3n) is 5.38. The molecule has 0 saturated carbocycles. The number of thiazole rings is 1. The van der Waals surface area contributed by atoms with Gasteiger partial charge in [0.1, 0.15) is 0 Å². The third kappa shape index (κ3) is 6.45. The van der Waals surface area contributed by atoms with Crippen LogP contribution in [0.4, 0.5) is 0 Å². The van der Waals surface area contributed by atoms with Gasteiger partial charge in [0.05, 0.1) is 33.9 Å². The van der Waals surface area contributed by atoms with Crippen LogP contribution in [0.3, 0.4) is 0 Å². The molecule has 0 radical (unpaired) electrons. The van der Waals surface area contributed by atoms with E-state index in [9.17, 15) is 13.2 Å². The molecule has 3 rings (SSSR count). The molecular formula is C25H27N5O4S2. The Bertz CT molecular complexity index is 1460. The Morgan fingerprint density at radius 2 is 1.78 bits per heavy atom. The highest BCUT2D eigenvalue weighted by atomic mass is 32.2. The van der Waals surface area contributed by atoms with Crippen LogP contribution >= 0.6 is 11.3 Å². The Kier molecular flexibility index (Phi) is 9.51. The molecule has 0 atom stereocenters. The zero-order chi connectivity index (χ0) is 26.1. The summed E-state index contributed by atoms with van der Waals surface area (Å²) in [5, 5.41) is 17.7. The highest BCUT2D eigenvalue weighted by Gasteiger charge is 2.24. The Morgan fingerprint density at radius 3 is 2.39 bits per heavy atom. The van der Waals surface area contributed by atoms with E-state index in [-0.39, 0.29) is 36.4 Å². The van der Waals surface area contributed by atoms with Crippen LogP contribution in [0.15, 0.2) is 52.4 Å². The molecule has 1 amide bonds. The van der Waals surface area contributed by atoms with Gasteiger partial charge in [-0.05, 0) is 55.8 Å². The van der Waals surface area contributed by atoms with Gasteiger partial charge in [0.25, 0.3) is 5.91 Å². The lowest BCUT2D eigenvalue weighted by Crippen LogP contribution is -2.32. The first-order valence-electron chi connectivity index (χ1n) is 11.4. The minimum atomic E-state index is -3.91. The number of nitrogens with zero attached hydrogens (tertiary/aromatic N) is 5. The number of rotatable bonds is 11. The molecule has 0 aliphatic rings. The molecule has 0 N–H and O–H groups in total. The van der Waals surface area contributed by atoms with Crippen LogP contribution in [0.25, 0.3) is 10.2 Å². The van der Waals surface area contributed by atoms with Crippen LogP contribution in [0.2, 0.25) is 0 Å². The molecule has 0 unspecified atom stereocenters. The normalized spacial score (nSPS) is 12.1. The Morgan fingerprint density at radius 1 is 1.11 bits per heavy atom. The van der Waals surface area contributed by atoms with Crippen LogP contribution < -0.4 is 4.80 Å². The number of benzene rings is 2. The summed E-state index contributed by atoms with van der Waals surface area (Å²) >= 11 is 1.41. The second kappa shape index (κ2) is 12.6. The summed E-state index contributed by atoms with van der Waals surface area (Å²) in [5.74, 6) is -0.488. The molecule has 11 heteroatoms. The number of nitriles is 2. The van der Waals surface area contributed by atoms with Crippen molar-refractivity contribution in [3.63, 3.8) is 0 Å². The number of hydrogen-bond acceptors (Lipinski definition) is 7. The van der Waals surface area contributed by atoms with Crippen LogP contribution in [0, 0.1) is 29.6 Å². The number of fused-ring (bicyclic) bond motifs is 1. The number of amides is 1. The number of ether oxygens (including phenoxy) is 1. The first kappa shape index (κ1) is 27.2. The molecule has 36 heavy (non-hydrogen) atoms. The number of hydrogen-bond donors (Lipinski definition) is 0. The first-order chi connectivity index (χ1) is 17.3. The SMILES string of the molecule is CCOCCn1c(=NC(=O)c2ccc(S(=O)(=O)N(CCC#N)CCC#N)cc2)sc2cc(C)ccc21. The molecule has 0 aliphatic heterocycles. The molecular weight excluding hydrogens is 498 g/mol. The number of sulfonamides is 1. The van der Waals surface area contributed by atoms with Crippen LogP contribution in [-0.2, 0) is 21.3 Å². The largest absolute Gasteiger partial charge is 0.380 e. The standard InChI is InChI=1S/C25H27N5O4S2/c1-3-34-17-16-30-22-11-6-19(2)18-23(22)35-25(30)28-24(31)20-7-9-21(10-8-20)36(32,33)29(14-4-12-26)15-5-13-27/h6-11,18H,3-5,14-17H2,1-2H3. The average Bonchev–Trinajstić information content (AvgIpc) is 3.19. The summed E-state index contributed by atoms with van der Waals surface area (Å²) in [4.78, 5) is 17.8. The molecule has 1 heterocycles. The third-order valence-corrected chi connectivity index (χ3v) is 8.34. The van der Waals surface area contributed by atoms with E-state index in [4.69, 9.17) is 15.3 Å². The number of carbonyl (C=O) groups is 1. The van der Waals surface area contributed by atoms with Crippen molar-refractivity contribution in [1.29, 1.82) is 10.5 Å². The van der Waals surface area contributed by atoms with E-state index in [1.807, 2.05) is 48.8 Å². The average molecular weight is 526 g/mol. The number of carbonyl (C=O) groups excluding carboxylic acids is 1. The highest BCUT2D eigenvalue weighted by molar-refractivity contribution is 7.89. The van der Waals surface area contributed by atoms with Crippen molar-refractivity contribution in [2.75, 3.05) is 26.3 Å². The Balaban J connectivity index is 1.92. The predicted octanol–water partition coefficient (Wildman–Crippen LogP) is 3.61. The van der Waals surface area contributed by atoms with Gasteiger partial charge in [0, 0.05) is 44.6 Å². The Labute approximate surface area is 214 Å². The molecule has 0 aliphatic carbocycles. The van der Waals surface area contributed by atoms with Crippen molar-refractivity contribution >= 4 is 37.5 Å². The van der Waals surface area contributed by atoms with Gasteiger partial charge < -0.3 is 9.30 Å². The maximum absolute atomic E-state index is 13.0. The number of aromatic nitrogens is 1. The monoisotopic (exact) mass is 525 g/mol. The molecule has 3 aromatic rings. The fourth-order valence-corrected chi connectivity index (χ4v) is 6.15. The predicted molar refractivity (Wildman–Crippen MR) is 137 cm³/mol. The second-order valence-corrected chi connectivity index (χ2v) is 10.8. The van der Waals surface area contributed by atoms with E-state index in [0.717, 1.165) is 20.1 Å². The van der Waals surface area contributed by atoms with E-state index in [1.165, 1.54) is 35.6 Å². The Hall–Kier alpha value is -3.35. The van der Waals surface area contributed by atoms with Crippen LogP contribution in [0.1, 0.15) is 35.7 Å². The lowest BCUT2D eigenvalue weighted by Gasteiger charge is -2.20. The summed E-state index contributed by atoms with van der Waals surface area (Å²) in [6.45, 7) is 5.52. The minimum absolute atomic E-state index is 0.0102. The van der Waals surface area contributed by atoms with Crippen molar-refractivity contribution in [2.24, 2.45) is 4.99 Å². The van der Waals surface area contributed by atoms with Gasteiger partial charge in [-0.15, -0.1) is 0 Å². The summed E-state index contributed by atoms with van der Waals surface area (Å²) in [6.07, 6.45) is 0.0240. The smallest absolute Gasteiger partial charge is 0.279 e. The van der Waals surface area contributed by atoms with Crippen LogP contribution in [-0.4, -0.2) is 49.5 Å². The summed E-state index contributed by atoms with van der Waals surface area (Å²) < 4.78 is 35.6. The quantitative estimate of drug-likeness (QED) is 0.352. The molecule has 0 bridgehead atoms. The van der Waals surface area contributed by atoms with Crippen molar-refractivity contribution < 1.29 is 17.9 Å². The maximum atomic E-state index is 13.0. The van der Waals surface area contributed by atoms with Gasteiger partial charge in [-0.1, -0.05) is 17.4 Å². The lowest BCUT2D eigenvalue weighted by atomic mass is 10.2. The van der Waals surface area contributed by atoms with Crippen molar-refractivity contribution in [3.8, 4) is 12.1 Å². The molecule has 2 aromatic carbocycles. The van der Waals surface area contributed by atoms with Gasteiger partial charge in [-0.2, -0.15) is 19.8 Å². The summed E-state index contributed by atoms with van der Waals surface area (Å²) in [7, 11) is -3.91. The highest BCUT2D eigenvalue weighted by Crippen LogP contribution is 2.20. The van der Waals surface area contributed by atoms with E-state index >= 15 is 0 Å². The van der Waals surface area contributed by atoms with Gasteiger partial charge in [0.15, 0.2) is 4.80 Å².